The lowest BCUT2D eigenvalue weighted by Crippen LogP contribution is -2.18. The Hall–Kier alpha value is -3.31. The molecule has 0 aliphatic rings. The van der Waals surface area contributed by atoms with Crippen LogP contribution in [-0.2, 0) is 4.79 Å². The van der Waals surface area contributed by atoms with Gasteiger partial charge in [-0.05, 0) is 66.6 Å². The van der Waals surface area contributed by atoms with Gasteiger partial charge in [0.25, 0.3) is 0 Å². The molecule has 0 aliphatic carbocycles. The van der Waals surface area contributed by atoms with Gasteiger partial charge in [0.05, 0.1) is 6.61 Å². The Balaban J connectivity index is 1.65. The van der Waals surface area contributed by atoms with E-state index in [0.717, 1.165) is 11.1 Å². The Morgan fingerprint density at radius 3 is 2.38 bits per heavy atom. The number of hydrogen-bond donors (Lipinski definition) is 0. The molecule has 0 aliphatic heterocycles. The Kier molecular flexibility index (Phi) is 7.25. The second kappa shape index (κ2) is 10.3. The molecular formula is C23H20ClNO4. The summed E-state index contributed by atoms with van der Waals surface area (Å²) < 4.78 is 16.5. The highest BCUT2D eigenvalue weighted by atomic mass is 35.5. The quantitative estimate of drug-likeness (QED) is 0.374. The number of ether oxygens (including phenoxy) is 3. The normalized spacial score (nSPS) is 10.7. The number of halogens is 1. The SMILES string of the molecule is CCOc1cc(/C=C/c2ccncc2)ccc1OC(=O)COc1ccc(Cl)cc1. The predicted molar refractivity (Wildman–Crippen MR) is 113 cm³/mol. The van der Waals surface area contributed by atoms with Gasteiger partial charge in [0, 0.05) is 17.4 Å². The molecule has 0 radical (unpaired) electrons. The fraction of sp³-hybridized carbons (Fsp3) is 0.130. The molecule has 0 fully saturated rings. The third kappa shape index (κ3) is 6.36. The van der Waals surface area contributed by atoms with Gasteiger partial charge in [-0.2, -0.15) is 0 Å². The first-order valence-corrected chi connectivity index (χ1v) is 9.46. The summed E-state index contributed by atoms with van der Waals surface area (Å²) in [5.41, 5.74) is 1.95. The molecule has 0 saturated carbocycles. The summed E-state index contributed by atoms with van der Waals surface area (Å²) >= 11 is 5.83. The lowest BCUT2D eigenvalue weighted by atomic mass is 10.1. The predicted octanol–water partition coefficient (Wildman–Crippen LogP) is 5.29. The van der Waals surface area contributed by atoms with Crippen molar-refractivity contribution < 1.29 is 19.0 Å². The molecule has 1 heterocycles. The van der Waals surface area contributed by atoms with E-state index >= 15 is 0 Å². The van der Waals surface area contributed by atoms with E-state index in [1.807, 2.05) is 43.3 Å². The van der Waals surface area contributed by atoms with Crippen LogP contribution in [0.2, 0.25) is 5.02 Å². The van der Waals surface area contributed by atoms with Crippen molar-refractivity contribution in [1.29, 1.82) is 0 Å². The Labute approximate surface area is 174 Å². The largest absolute Gasteiger partial charge is 0.490 e. The summed E-state index contributed by atoms with van der Waals surface area (Å²) in [4.78, 5) is 16.2. The Morgan fingerprint density at radius 1 is 0.931 bits per heavy atom. The summed E-state index contributed by atoms with van der Waals surface area (Å²) in [6.45, 7) is 2.09. The van der Waals surface area contributed by atoms with Crippen molar-refractivity contribution in [3.63, 3.8) is 0 Å². The van der Waals surface area contributed by atoms with Crippen LogP contribution in [0.1, 0.15) is 18.1 Å². The van der Waals surface area contributed by atoms with Crippen LogP contribution in [0.4, 0.5) is 0 Å². The standard InChI is InChI=1S/C23H20ClNO4/c1-2-27-22-15-18(4-3-17-11-13-25-14-12-17)5-10-21(22)29-23(26)16-28-20-8-6-19(24)7-9-20/h3-15H,2,16H2,1H3/b4-3+. The fourth-order valence-corrected chi connectivity index (χ4v) is 2.60. The van der Waals surface area contributed by atoms with Crippen molar-refractivity contribution in [3.8, 4) is 17.2 Å². The summed E-state index contributed by atoms with van der Waals surface area (Å²) in [6.07, 6.45) is 7.39. The first-order chi connectivity index (χ1) is 14.1. The van der Waals surface area contributed by atoms with Gasteiger partial charge in [-0.25, -0.2) is 4.79 Å². The van der Waals surface area contributed by atoms with E-state index < -0.39 is 5.97 Å². The molecule has 2 aromatic carbocycles. The maximum atomic E-state index is 12.2. The van der Waals surface area contributed by atoms with Crippen LogP contribution in [0.15, 0.2) is 67.0 Å². The number of pyridine rings is 1. The molecule has 0 atom stereocenters. The van der Waals surface area contributed by atoms with Gasteiger partial charge in [-0.1, -0.05) is 29.8 Å². The second-order valence-electron chi connectivity index (χ2n) is 5.97. The van der Waals surface area contributed by atoms with Crippen molar-refractivity contribution in [2.75, 3.05) is 13.2 Å². The van der Waals surface area contributed by atoms with E-state index in [1.54, 1.807) is 42.7 Å². The van der Waals surface area contributed by atoms with Gasteiger partial charge < -0.3 is 14.2 Å². The molecule has 5 nitrogen and oxygen atoms in total. The summed E-state index contributed by atoms with van der Waals surface area (Å²) in [5.74, 6) is 0.843. The highest BCUT2D eigenvalue weighted by Gasteiger charge is 2.12. The molecule has 0 spiro atoms. The van der Waals surface area contributed by atoms with Crippen molar-refractivity contribution in [2.24, 2.45) is 0 Å². The average Bonchev–Trinajstić information content (AvgIpc) is 2.74. The number of carbonyl (C=O) groups is 1. The molecule has 6 heteroatoms. The first-order valence-electron chi connectivity index (χ1n) is 9.08. The lowest BCUT2D eigenvalue weighted by Gasteiger charge is -2.12. The highest BCUT2D eigenvalue weighted by Crippen LogP contribution is 2.29. The maximum Gasteiger partial charge on any atom is 0.349 e. The number of carbonyl (C=O) groups excluding carboxylic acids is 1. The molecular weight excluding hydrogens is 390 g/mol. The number of nitrogens with zero attached hydrogens (tertiary/aromatic N) is 1. The van der Waals surface area contributed by atoms with Crippen LogP contribution in [0, 0.1) is 0 Å². The third-order valence-corrected chi connectivity index (χ3v) is 4.09. The van der Waals surface area contributed by atoms with E-state index in [2.05, 4.69) is 4.98 Å². The number of hydrogen-bond acceptors (Lipinski definition) is 5. The van der Waals surface area contributed by atoms with Crippen LogP contribution in [0.5, 0.6) is 17.2 Å². The minimum atomic E-state index is -0.527. The average molecular weight is 410 g/mol. The fourth-order valence-electron chi connectivity index (χ4n) is 2.47. The van der Waals surface area contributed by atoms with Crippen LogP contribution >= 0.6 is 11.6 Å². The Morgan fingerprint density at radius 2 is 1.66 bits per heavy atom. The van der Waals surface area contributed by atoms with Gasteiger partial charge in [0.2, 0.25) is 0 Å². The molecule has 3 rings (SSSR count). The Bertz CT molecular complexity index is 972. The number of rotatable bonds is 8. The zero-order valence-electron chi connectivity index (χ0n) is 15.9. The van der Waals surface area contributed by atoms with E-state index in [9.17, 15) is 4.79 Å². The molecule has 0 saturated heterocycles. The molecule has 3 aromatic rings. The van der Waals surface area contributed by atoms with Crippen molar-refractivity contribution >= 4 is 29.7 Å². The number of aromatic nitrogens is 1. The highest BCUT2D eigenvalue weighted by molar-refractivity contribution is 6.30. The molecule has 0 bridgehead atoms. The third-order valence-electron chi connectivity index (χ3n) is 3.84. The first kappa shape index (κ1) is 20.4. The number of esters is 1. The molecule has 0 amide bonds. The van der Waals surface area contributed by atoms with E-state index in [0.29, 0.717) is 28.9 Å². The van der Waals surface area contributed by atoms with Crippen molar-refractivity contribution in [2.45, 2.75) is 6.92 Å². The molecule has 0 N–H and O–H groups in total. The molecule has 1 aromatic heterocycles. The van der Waals surface area contributed by atoms with Gasteiger partial charge in [0.15, 0.2) is 18.1 Å². The smallest absolute Gasteiger partial charge is 0.349 e. The molecule has 0 unspecified atom stereocenters. The number of benzene rings is 2. The maximum absolute atomic E-state index is 12.2. The van der Waals surface area contributed by atoms with E-state index in [4.69, 9.17) is 25.8 Å². The van der Waals surface area contributed by atoms with Crippen LogP contribution in [0.3, 0.4) is 0 Å². The molecule has 29 heavy (non-hydrogen) atoms. The minimum Gasteiger partial charge on any atom is -0.490 e. The topological polar surface area (TPSA) is 57.7 Å². The van der Waals surface area contributed by atoms with Crippen LogP contribution in [-0.4, -0.2) is 24.2 Å². The van der Waals surface area contributed by atoms with Gasteiger partial charge in [0.1, 0.15) is 5.75 Å². The van der Waals surface area contributed by atoms with Gasteiger partial charge >= 0.3 is 5.97 Å². The van der Waals surface area contributed by atoms with E-state index in [1.165, 1.54) is 0 Å². The van der Waals surface area contributed by atoms with Crippen LogP contribution < -0.4 is 14.2 Å². The van der Waals surface area contributed by atoms with Gasteiger partial charge in [-0.15, -0.1) is 0 Å². The second-order valence-corrected chi connectivity index (χ2v) is 6.41. The summed E-state index contributed by atoms with van der Waals surface area (Å²) in [6, 6.07) is 16.0. The van der Waals surface area contributed by atoms with E-state index in [-0.39, 0.29) is 6.61 Å². The monoisotopic (exact) mass is 409 g/mol. The summed E-state index contributed by atoms with van der Waals surface area (Å²) in [5, 5.41) is 0.597. The zero-order valence-corrected chi connectivity index (χ0v) is 16.6. The summed E-state index contributed by atoms with van der Waals surface area (Å²) in [7, 11) is 0. The van der Waals surface area contributed by atoms with Crippen molar-refractivity contribution in [3.05, 3.63) is 83.1 Å². The lowest BCUT2D eigenvalue weighted by molar-refractivity contribution is -0.136. The van der Waals surface area contributed by atoms with Crippen molar-refractivity contribution in [1.82, 2.24) is 4.98 Å². The minimum absolute atomic E-state index is 0.225. The van der Waals surface area contributed by atoms with Crippen LogP contribution in [0.25, 0.3) is 12.2 Å². The zero-order chi connectivity index (χ0) is 20.5. The van der Waals surface area contributed by atoms with Gasteiger partial charge in [-0.3, -0.25) is 4.98 Å². The molecule has 148 valence electrons.